The summed E-state index contributed by atoms with van der Waals surface area (Å²) < 4.78 is 0. The standard InChI is InChI=1S/C14H15N3O5/c15-10(13(20)21)4-7-1-2-11(18)8(3-7)5-9-6-16-14(22)17-12(9)19/h1-3,6,10,18H,4-5,15H2,(H,20,21)(H2,16,17,19,22). The summed E-state index contributed by atoms with van der Waals surface area (Å²) in [5.74, 6) is -1.15. The van der Waals surface area contributed by atoms with Gasteiger partial charge in [0.05, 0.1) is 0 Å². The number of hydrogen-bond acceptors (Lipinski definition) is 5. The summed E-state index contributed by atoms with van der Waals surface area (Å²) in [6, 6.07) is 3.52. The third kappa shape index (κ3) is 3.61. The van der Waals surface area contributed by atoms with Crippen molar-refractivity contribution < 1.29 is 15.0 Å². The summed E-state index contributed by atoms with van der Waals surface area (Å²) in [7, 11) is 0. The van der Waals surface area contributed by atoms with Crippen LogP contribution in [0.3, 0.4) is 0 Å². The van der Waals surface area contributed by atoms with Crippen LogP contribution in [-0.2, 0) is 17.6 Å². The van der Waals surface area contributed by atoms with Gasteiger partial charge in [-0.2, -0.15) is 0 Å². The average molecular weight is 305 g/mol. The number of aromatic hydroxyl groups is 1. The Bertz CT molecular complexity index is 809. The fourth-order valence-corrected chi connectivity index (χ4v) is 2.02. The Balaban J connectivity index is 2.28. The molecule has 0 spiro atoms. The summed E-state index contributed by atoms with van der Waals surface area (Å²) in [5, 5.41) is 18.7. The molecule has 1 aromatic carbocycles. The van der Waals surface area contributed by atoms with Crippen LogP contribution >= 0.6 is 0 Å². The van der Waals surface area contributed by atoms with Crippen LogP contribution in [0.5, 0.6) is 5.75 Å². The van der Waals surface area contributed by atoms with Gasteiger partial charge in [-0.25, -0.2) is 4.79 Å². The Hall–Kier alpha value is -2.87. The lowest BCUT2D eigenvalue weighted by Crippen LogP contribution is -2.32. The Kier molecular flexibility index (Phi) is 4.42. The van der Waals surface area contributed by atoms with E-state index in [2.05, 4.69) is 9.97 Å². The molecule has 0 radical (unpaired) electrons. The average Bonchev–Trinajstić information content (AvgIpc) is 2.45. The summed E-state index contributed by atoms with van der Waals surface area (Å²) in [5.41, 5.74) is 5.65. The van der Waals surface area contributed by atoms with Gasteiger partial charge < -0.3 is 20.9 Å². The third-order valence-electron chi connectivity index (χ3n) is 3.19. The van der Waals surface area contributed by atoms with Crippen molar-refractivity contribution in [1.82, 2.24) is 9.97 Å². The molecule has 1 aromatic heterocycles. The molecule has 8 nitrogen and oxygen atoms in total. The van der Waals surface area contributed by atoms with Gasteiger partial charge in [-0.3, -0.25) is 14.6 Å². The molecule has 0 fully saturated rings. The van der Waals surface area contributed by atoms with E-state index < -0.39 is 23.3 Å². The minimum atomic E-state index is -1.12. The number of benzene rings is 1. The number of carboxylic acid groups (broad SMARTS) is 1. The van der Waals surface area contributed by atoms with Crippen LogP contribution in [0, 0.1) is 0 Å². The molecule has 0 bridgehead atoms. The normalized spacial score (nSPS) is 12.0. The Labute approximate surface area is 124 Å². The molecule has 2 rings (SSSR count). The molecule has 1 atom stereocenters. The van der Waals surface area contributed by atoms with Gasteiger partial charge in [0.25, 0.3) is 5.56 Å². The maximum atomic E-state index is 11.7. The van der Waals surface area contributed by atoms with Crippen molar-refractivity contribution in [2.45, 2.75) is 18.9 Å². The number of carboxylic acids is 1. The molecule has 1 unspecified atom stereocenters. The second kappa shape index (κ2) is 6.27. The van der Waals surface area contributed by atoms with E-state index in [0.29, 0.717) is 11.1 Å². The minimum Gasteiger partial charge on any atom is -0.508 e. The fourth-order valence-electron chi connectivity index (χ4n) is 2.02. The van der Waals surface area contributed by atoms with E-state index in [-0.39, 0.29) is 24.2 Å². The lowest BCUT2D eigenvalue weighted by atomic mass is 10.00. The number of phenolic OH excluding ortho intramolecular Hbond substituents is 1. The van der Waals surface area contributed by atoms with Gasteiger partial charge in [0.2, 0.25) is 0 Å². The van der Waals surface area contributed by atoms with Gasteiger partial charge in [-0.15, -0.1) is 0 Å². The van der Waals surface area contributed by atoms with E-state index in [1.165, 1.54) is 12.3 Å². The maximum absolute atomic E-state index is 11.7. The van der Waals surface area contributed by atoms with E-state index in [0.717, 1.165) is 0 Å². The van der Waals surface area contributed by atoms with Crippen LogP contribution in [0.2, 0.25) is 0 Å². The topological polar surface area (TPSA) is 149 Å². The van der Waals surface area contributed by atoms with Gasteiger partial charge in [0.1, 0.15) is 11.8 Å². The van der Waals surface area contributed by atoms with E-state index in [4.69, 9.17) is 10.8 Å². The molecule has 0 aliphatic carbocycles. The van der Waals surface area contributed by atoms with Crippen molar-refractivity contribution >= 4 is 5.97 Å². The number of nitrogens with two attached hydrogens (primary N) is 1. The van der Waals surface area contributed by atoms with Gasteiger partial charge >= 0.3 is 11.7 Å². The van der Waals surface area contributed by atoms with Crippen LogP contribution in [0.25, 0.3) is 0 Å². The van der Waals surface area contributed by atoms with E-state index in [1.54, 1.807) is 12.1 Å². The molecule has 0 amide bonds. The van der Waals surface area contributed by atoms with E-state index in [9.17, 15) is 19.5 Å². The van der Waals surface area contributed by atoms with Crippen molar-refractivity contribution in [1.29, 1.82) is 0 Å². The number of nitrogens with one attached hydrogen (secondary N) is 2. The zero-order valence-electron chi connectivity index (χ0n) is 11.5. The number of hydrogen-bond donors (Lipinski definition) is 5. The van der Waals surface area contributed by atoms with Crippen molar-refractivity contribution in [2.75, 3.05) is 0 Å². The predicted molar refractivity (Wildman–Crippen MR) is 77.9 cm³/mol. The summed E-state index contributed by atoms with van der Waals surface area (Å²) in [6.07, 6.45) is 1.47. The summed E-state index contributed by atoms with van der Waals surface area (Å²) in [6.45, 7) is 0. The first kappa shape index (κ1) is 15.5. The number of carbonyl (C=O) groups is 1. The molecule has 1 heterocycles. The minimum absolute atomic E-state index is 0.0294. The molecular formula is C14H15N3O5. The first-order valence-corrected chi connectivity index (χ1v) is 6.47. The highest BCUT2D eigenvalue weighted by Crippen LogP contribution is 2.21. The van der Waals surface area contributed by atoms with Crippen LogP contribution in [0.15, 0.2) is 34.0 Å². The van der Waals surface area contributed by atoms with Crippen LogP contribution in [0.4, 0.5) is 0 Å². The molecule has 0 saturated carbocycles. The molecule has 6 N–H and O–H groups in total. The van der Waals surface area contributed by atoms with Crippen molar-refractivity contribution in [3.05, 3.63) is 61.9 Å². The van der Waals surface area contributed by atoms with E-state index in [1.807, 2.05) is 0 Å². The summed E-state index contributed by atoms with van der Waals surface area (Å²) >= 11 is 0. The summed E-state index contributed by atoms with van der Waals surface area (Å²) in [4.78, 5) is 37.8. The zero-order chi connectivity index (χ0) is 16.3. The van der Waals surface area contributed by atoms with E-state index >= 15 is 0 Å². The number of rotatable bonds is 5. The quantitative estimate of drug-likeness (QED) is 0.493. The molecule has 22 heavy (non-hydrogen) atoms. The predicted octanol–water partition coefficient (Wildman–Crippen LogP) is -0.686. The number of aromatic nitrogens is 2. The first-order valence-electron chi connectivity index (χ1n) is 6.47. The van der Waals surface area contributed by atoms with Gasteiger partial charge in [-0.05, 0) is 23.6 Å². The highest BCUT2D eigenvalue weighted by molar-refractivity contribution is 5.73. The first-order chi connectivity index (χ1) is 10.4. The lowest BCUT2D eigenvalue weighted by molar-refractivity contribution is -0.138. The Morgan fingerprint density at radius 1 is 1.27 bits per heavy atom. The van der Waals surface area contributed by atoms with Crippen molar-refractivity contribution in [2.24, 2.45) is 5.73 Å². The second-order valence-electron chi connectivity index (χ2n) is 4.89. The molecular weight excluding hydrogens is 290 g/mol. The molecule has 8 heteroatoms. The molecule has 116 valence electrons. The molecule has 0 saturated heterocycles. The lowest BCUT2D eigenvalue weighted by Gasteiger charge is -2.10. The SMILES string of the molecule is NC(Cc1ccc(O)c(Cc2c[nH]c(=O)[nH]c2=O)c1)C(=O)O. The van der Waals surface area contributed by atoms with Crippen LogP contribution < -0.4 is 17.0 Å². The van der Waals surface area contributed by atoms with Crippen molar-refractivity contribution in [3.8, 4) is 5.75 Å². The van der Waals surface area contributed by atoms with Crippen LogP contribution in [0.1, 0.15) is 16.7 Å². The smallest absolute Gasteiger partial charge is 0.325 e. The molecule has 2 aromatic rings. The zero-order valence-corrected chi connectivity index (χ0v) is 11.5. The monoisotopic (exact) mass is 305 g/mol. The number of phenols is 1. The molecule has 0 aliphatic rings. The van der Waals surface area contributed by atoms with Gasteiger partial charge in [-0.1, -0.05) is 12.1 Å². The van der Waals surface area contributed by atoms with Gasteiger partial charge in [0.15, 0.2) is 0 Å². The number of aromatic amines is 2. The Morgan fingerprint density at radius 3 is 2.64 bits per heavy atom. The largest absolute Gasteiger partial charge is 0.508 e. The van der Waals surface area contributed by atoms with Crippen LogP contribution in [-0.4, -0.2) is 32.2 Å². The number of H-pyrrole nitrogens is 2. The fraction of sp³-hybridized carbons (Fsp3) is 0.214. The third-order valence-corrected chi connectivity index (χ3v) is 3.19. The van der Waals surface area contributed by atoms with Gasteiger partial charge in [0, 0.05) is 18.2 Å². The highest BCUT2D eigenvalue weighted by Gasteiger charge is 2.14. The highest BCUT2D eigenvalue weighted by atomic mass is 16.4. The van der Waals surface area contributed by atoms with Crippen molar-refractivity contribution in [3.63, 3.8) is 0 Å². The number of aliphatic carboxylic acids is 1. The maximum Gasteiger partial charge on any atom is 0.325 e. The Morgan fingerprint density at radius 2 is 2.00 bits per heavy atom. The second-order valence-corrected chi connectivity index (χ2v) is 4.89. The molecule has 0 aliphatic heterocycles.